The lowest BCUT2D eigenvalue weighted by Gasteiger charge is -2.07. The summed E-state index contributed by atoms with van der Waals surface area (Å²) in [7, 11) is 0. The molecular weight excluding hydrogens is 304 g/mol. The lowest BCUT2D eigenvalue weighted by Crippen LogP contribution is -2.03. The van der Waals surface area contributed by atoms with Crippen LogP contribution in [0.5, 0.6) is 0 Å². The van der Waals surface area contributed by atoms with E-state index in [9.17, 15) is 0 Å². The summed E-state index contributed by atoms with van der Waals surface area (Å²) >= 11 is 13.3. The van der Waals surface area contributed by atoms with Gasteiger partial charge in [0, 0.05) is 11.5 Å². The van der Waals surface area contributed by atoms with Crippen LogP contribution < -0.4 is 0 Å². The van der Waals surface area contributed by atoms with E-state index in [1.165, 1.54) is 0 Å². The average molecular weight is 327 g/mol. The molecule has 0 heterocycles. The van der Waals surface area contributed by atoms with E-state index < -0.39 is 0 Å². The van der Waals surface area contributed by atoms with E-state index in [-0.39, 0.29) is 0 Å². The Morgan fingerprint density at radius 1 is 0.833 bits per heavy atom. The van der Waals surface area contributed by atoms with Gasteiger partial charge in [0.15, 0.2) is 0 Å². The Bertz CT molecular complexity index is 210. The highest BCUT2D eigenvalue weighted by Crippen LogP contribution is 2.13. The molecule has 0 bridgehead atoms. The Morgan fingerprint density at radius 3 is 1.56 bits per heavy atom. The first-order chi connectivity index (χ1) is 8.70. The van der Waals surface area contributed by atoms with Crippen molar-refractivity contribution in [3.8, 4) is 0 Å². The first-order valence-electron chi connectivity index (χ1n) is 6.29. The van der Waals surface area contributed by atoms with E-state index >= 15 is 0 Å². The SMILES string of the molecule is CCCCOC(=S)SCCSC(=S)OCCCC. The highest BCUT2D eigenvalue weighted by molar-refractivity contribution is 8.25. The number of rotatable bonds is 9. The molecule has 0 aliphatic carbocycles. The second kappa shape index (κ2) is 13.9. The molecular formula is C12H22O2S4. The van der Waals surface area contributed by atoms with E-state index in [1.807, 2.05) is 0 Å². The van der Waals surface area contributed by atoms with Crippen molar-refractivity contribution in [2.45, 2.75) is 39.5 Å². The fourth-order valence-corrected chi connectivity index (χ4v) is 2.93. The molecule has 6 heteroatoms. The zero-order chi connectivity index (χ0) is 13.6. The Balaban J connectivity index is 3.32. The molecule has 0 N–H and O–H groups in total. The van der Waals surface area contributed by atoms with Crippen LogP contribution in [-0.2, 0) is 9.47 Å². The van der Waals surface area contributed by atoms with Gasteiger partial charge in [0.2, 0.25) is 8.77 Å². The second-order valence-corrected chi connectivity index (χ2v) is 6.99. The molecule has 0 fully saturated rings. The summed E-state index contributed by atoms with van der Waals surface area (Å²) in [5, 5.41) is 0. The quantitative estimate of drug-likeness (QED) is 0.450. The highest BCUT2D eigenvalue weighted by atomic mass is 32.2. The summed E-state index contributed by atoms with van der Waals surface area (Å²) in [5.74, 6) is 1.82. The van der Waals surface area contributed by atoms with Gasteiger partial charge in [0.25, 0.3) is 0 Å². The van der Waals surface area contributed by atoms with Gasteiger partial charge in [-0.25, -0.2) is 0 Å². The molecule has 0 saturated carbocycles. The molecule has 0 aromatic rings. The third-order valence-electron chi connectivity index (χ3n) is 1.96. The van der Waals surface area contributed by atoms with Crippen LogP contribution in [0.4, 0.5) is 0 Å². The van der Waals surface area contributed by atoms with Gasteiger partial charge in [0.05, 0.1) is 13.2 Å². The molecule has 0 saturated heterocycles. The molecule has 0 atom stereocenters. The van der Waals surface area contributed by atoms with Gasteiger partial charge in [-0.3, -0.25) is 0 Å². The van der Waals surface area contributed by atoms with Crippen molar-refractivity contribution in [3.63, 3.8) is 0 Å². The topological polar surface area (TPSA) is 18.5 Å². The minimum Gasteiger partial charge on any atom is -0.479 e. The first kappa shape index (κ1) is 18.5. The molecule has 0 aromatic heterocycles. The summed E-state index contributed by atoms with van der Waals surface area (Å²) in [6.45, 7) is 5.73. The third kappa shape index (κ3) is 12.9. The number of thioether (sulfide) groups is 2. The minimum atomic E-state index is 0.641. The van der Waals surface area contributed by atoms with Crippen molar-refractivity contribution in [2.75, 3.05) is 24.7 Å². The average Bonchev–Trinajstić information content (AvgIpc) is 2.35. The predicted octanol–water partition coefficient (Wildman–Crippen LogP) is 4.66. The van der Waals surface area contributed by atoms with E-state index in [0.29, 0.717) is 8.77 Å². The molecule has 0 aromatic carbocycles. The van der Waals surface area contributed by atoms with Crippen LogP contribution >= 0.6 is 48.0 Å². The van der Waals surface area contributed by atoms with Crippen LogP contribution in [0.25, 0.3) is 0 Å². The van der Waals surface area contributed by atoms with Gasteiger partial charge >= 0.3 is 0 Å². The number of hydrogen-bond acceptors (Lipinski definition) is 6. The number of hydrogen-bond donors (Lipinski definition) is 0. The minimum absolute atomic E-state index is 0.641. The number of thiocarbonyl (C=S) groups is 2. The summed E-state index contributed by atoms with van der Waals surface area (Å²) in [6.07, 6.45) is 4.38. The van der Waals surface area contributed by atoms with Crippen molar-refractivity contribution < 1.29 is 9.47 Å². The van der Waals surface area contributed by atoms with Crippen LogP contribution in [0.2, 0.25) is 0 Å². The van der Waals surface area contributed by atoms with Crippen LogP contribution in [0.15, 0.2) is 0 Å². The predicted molar refractivity (Wildman–Crippen MR) is 91.8 cm³/mol. The second-order valence-electron chi connectivity index (χ2n) is 3.60. The van der Waals surface area contributed by atoms with Gasteiger partial charge < -0.3 is 9.47 Å². The molecule has 2 nitrogen and oxygen atoms in total. The standard InChI is InChI=1S/C12H22O2S4/c1-3-5-7-13-11(15)17-9-10-18-12(16)14-8-6-4-2/h3-10H2,1-2H3. The molecule has 0 amide bonds. The van der Waals surface area contributed by atoms with Gasteiger partial charge in [0.1, 0.15) is 0 Å². The van der Waals surface area contributed by atoms with Crippen LogP contribution in [-0.4, -0.2) is 33.5 Å². The highest BCUT2D eigenvalue weighted by Gasteiger charge is 2.02. The summed E-state index contributed by atoms with van der Waals surface area (Å²) < 4.78 is 12.1. The first-order valence-corrected chi connectivity index (χ1v) is 9.08. The van der Waals surface area contributed by atoms with Crippen LogP contribution in [0, 0.1) is 0 Å². The van der Waals surface area contributed by atoms with Crippen LogP contribution in [0.1, 0.15) is 39.5 Å². The molecule has 0 unspecified atom stereocenters. The van der Waals surface area contributed by atoms with Crippen molar-refractivity contribution in [1.82, 2.24) is 0 Å². The number of unbranched alkanes of at least 4 members (excludes halogenated alkanes) is 2. The van der Waals surface area contributed by atoms with Crippen molar-refractivity contribution in [1.29, 1.82) is 0 Å². The normalized spacial score (nSPS) is 10.1. The van der Waals surface area contributed by atoms with Crippen LogP contribution in [0.3, 0.4) is 0 Å². The molecule has 0 radical (unpaired) electrons. The molecule has 106 valence electrons. The maximum absolute atomic E-state index is 5.39. The largest absolute Gasteiger partial charge is 0.479 e. The van der Waals surface area contributed by atoms with Crippen molar-refractivity contribution >= 4 is 56.7 Å². The zero-order valence-corrected chi connectivity index (χ0v) is 14.4. The third-order valence-corrected chi connectivity index (χ3v) is 4.68. The Morgan fingerprint density at radius 2 is 1.22 bits per heavy atom. The van der Waals surface area contributed by atoms with E-state index in [0.717, 1.165) is 50.4 Å². The Kier molecular flexibility index (Phi) is 14.3. The lowest BCUT2D eigenvalue weighted by atomic mass is 10.4. The summed E-state index contributed by atoms with van der Waals surface area (Å²) in [5.41, 5.74) is 0. The van der Waals surface area contributed by atoms with Crippen molar-refractivity contribution in [2.24, 2.45) is 0 Å². The van der Waals surface area contributed by atoms with Gasteiger partial charge in [-0.2, -0.15) is 0 Å². The Labute approximate surface area is 130 Å². The smallest absolute Gasteiger partial charge is 0.219 e. The van der Waals surface area contributed by atoms with E-state index in [2.05, 4.69) is 13.8 Å². The van der Waals surface area contributed by atoms with Crippen molar-refractivity contribution in [3.05, 3.63) is 0 Å². The van der Waals surface area contributed by atoms with E-state index in [1.54, 1.807) is 23.5 Å². The fourth-order valence-electron chi connectivity index (χ4n) is 0.933. The Hall–Kier alpha value is 0.480. The maximum Gasteiger partial charge on any atom is 0.219 e. The van der Waals surface area contributed by atoms with E-state index in [4.69, 9.17) is 33.9 Å². The molecule has 0 rings (SSSR count). The molecule has 18 heavy (non-hydrogen) atoms. The zero-order valence-electron chi connectivity index (χ0n) is 11.1. The maximum atomic E-state index is 5.39. The molecule has 0 aliphatic rings. The van der Waals surface area contributed by atoms with Gasteiger partial charge in [-0.1, -0.05) is 50.2 Å². The lowest BCUT2D eigenvalue weighted by molar-refractivity contribution is 0.313. The molecule has 0 aliphatic heterocycles. The molecule has 0 spiro atoms. The summed E-state index contributed by atoms with van der Waals surface area (Å²) in [4.78, 5) is 0. The number of ether oxygens (including phenoxy) is 2. The van der Waals surface area contributed by atoms with Gasteiger partial charge in [-0.15, -0.1) is 0 Å². The summed E-state index contributed by atoms with van der Waals surface area (Å²) in [6, 6.07) is 0. The van der Waals surface area contributed by atoms with Gasteiger partial charge in [-0.05, 0) is 37.3 Å². The monoisotopic (exact) mass is 326 g/mol. The fraction of sp³-hybridized carbons (Fsp3) is 0.833.